The largest absolute Gasteiger partial charge is 0.460 e. The Hall–Kier alpha value is -2.89. The molecule has 0 aromatic heterocycles. The Kier molecular flexibility index (Phi) is 7.98. The maximum absolute atomic E-state index is 13.3. The van der Waals surface area contributed by atoms with Gasteiger partial charge in [-0.1, -0.05) is 42.5 Å². The lowest BCUT2D eigenvalue weighted by Gasteiger charge is -2.27. The third-order valence-electron chi connectivity index (χ3n) is 4.55. The van der Waals surface area contributed by atoms with Crippen LogP contribution in [-0.4, -0.2) is 29.8 Å². The van der Waals surface area contributed by atoms with Crippen molar-refractivity contribution in [2.45, 2.75) is 64.7 Å². The highest BCUT2D eigenvalue weighted by Crippen LogP contribution is 2.27. The lowest BCUT2D eigenvalue weighted by atomic mass is 9.88. The van der Waals surface area contributed by atoms with E-state index in [9.17, 15) is 14.0 Å². The first kappa shape index (κ1) is 23.4. The van der Waals surface area contributed by atoms with Crippen LogP contribution in [-0.2, 0) is 20.7 Å². The zero-order valence-corrected chi connectivity index (χ0v) is 18.1. The summed E-state index contributed by atoms with van der Waals surface area (Å²) in [7, 11) is 0. The first-order chi connectivity index (χ1) is 14.0. The third kappa shape index (κ3) is 7.50. The van der Waals surface area contributed by atoms with Gasteiger partial charge >= 0.3 is 12.1 Å². The van der Waals surface area contributed by atoms with Crippen LogP contribution in [0.25, 0.3) is 0 Å². The zero-order chi connectivity index (χ0) is 22.3. The van der Waals surface area contributed by atoms with Crippen LogP contribution in [0.5, 0.6) is 0 Å². The summed E-state index contributed by atoms with van der Waals surface area (Å²) in [5.41, 5.74) is 1.29. The molecule has 0 saturated heterocycles. The summed E-state index contributed by atoms with van der Waals surface area (Å²) in [5, 5.41) is 2.50. The SMILES string of the molecule is C[C@H](NC(=O)OC(C)(C)C)C(=O)O[C@@H](C)[C@H](Cc1ccc(F)cc1)c1ccccc1. The Morgan fingerprint density at radius 2 is 1.60 bits per heavy atom. The second-order valence-electron chi connectivity index (χ2n) is 8.36. The second kappa shape index (κ2) is 10.2. The van der Waals surface area contributed by atoms with E-state index in [0.29, 0.717) is 6.42 Å². The van der Waals surface area contributed by atoms with Crippen molar-refractivity contribution in [2.24, 2.45) is 0 Å². The van der Waals surface area contributed by atoms with Gasteiger partial charge in [0, 0.05) is 5.92 Å². The third-order valence-corrected chi connectivity index (χ3v) is 4.55. The maximum atomic E-state index is 13.3. The topological polar surface area (TPSA) is 64.6 Å². The number of alkyl carbamates (subject to hydrolysis) is 1. The summed E-state index contributed by atoms with van der Waals surface area (Å²) in [4.78, 5) is 24.5. The minimum Gasteiger partial charge on any atom is -0.460 e. The summed E-state index contributed by atoms with van der Waals surface area (Å²) in [6, 6.07) is 15.2. The molecule has 2 aromatic carbocycles. The van der Waals surface area contributed by atoms with E-state index in [1.54, 1.807) is 39.8 Å². The van der Waals surface area contributed by atoms with Crippen LogP contribution in [0.15, 0.2) is 54.6 Å². The van der Waals surface area contributed by atoms with Crippen LogP contribution in [0.2, 0.25) is 0 Å². The van der Waals surface area contributed by atoms with Crippen molar-refractivity contribution in [3.63, 3.8) is 0 Å². The molecule has 3 atom stereocenters. The van der Waals surface area contributed by atoms with Crippen LogP contribution < -0.4 is 5.32 Å². The van der Waals surface area contributed by atoms with Gasteiger partial charge in [-0.2, -0.15) is 0 Å². The van der Waals surface area contributed by atoms with E-state index in [0.717, 1.165) is 11.1 Å². The van der Waals surface area contributed by atoms with Crippen molar-refractivity contribution in [1.82, 2.24) is 5.32 Å². The molecular formula is C24H30FNO4. The lowest BCUT2D eigenvalue weighted by molar-refractivity contribution is -0.151. The molecule has 0 fully saturated rings. The molecule has 6 heteroatoms. The number of ether oxygens (including phenoxy) is 2. The predicted octanol–water partition coefficient (Wildman–Crippen LogP) is 5.00. The number of carbonyl (C=O) groups excluding carboxylic acids is 2. The van der Waals surface area contributed by atoms with Gasteiger partial charge in [-0.25, -0.2) is 14.0 Å². The number of esters is 1. The number of rotatable bonds is 7. The Labute approximate surface area is 177 Å². The van der Waals surface area contributed by atoms with Gasteiger partial charge in [-0.05, 0) is 64.3 Å². The Balaban J connectivity index is 2.08. The molecule has 0 radical (unpaired) electrons. The molecule has 0 bridgehead atoms. The van der Waals surface area contributed by atoms with E-state index in [-0.39, 0.29) is 11.7 Å². The number of amides is 1. The molecule has 1 N–H and O–H groups in total. The molecular weight excluding hydrogens is 385 g/mol. The Morgan fingerprint density at radius 1 is 1.00 bits per heavy atom. The normalized spacial score (nSPS) is 14.3. The highest BCUT2D eigenvalue weighted by atomic mass is 19.1. The number of nitrogens with one attached hydrogen (secondary N) is 1. The van der Waals surface area contributed by atoms with Gasteiger partial charge in [0.15, 0.2) is 0 Å². The molecule has 5 nitrogen and oxygen atoms in total. The zero-order valence-electron chi connectivity index (χ0n) is 18.1. The van der Waals surface area contributed by atoms with Crippen LogP contribution in [0.1, 0.15) is 51.7 Å². The maximum Gasteiger partial charge on any atom is 0.408 e. The molecule has 2 rings (SSSR count). The number of carbonyl (C=O) groups is 2. The lowest BCUT2D eigenvalue weighted by Crippen LogP contribution is -2.43. The van der Waals surface area contributed by atoms with Crippen LogP contribution in [0, 0.1) is 5.82 Å². The van der Waals surface area contributed by atoms with Gasteiger partial charge in [0.25, 0.3) is 0 Å². The fourth-order valence-electron chi connectivity index (χ4n) is 3.04. The van der Waals surface area contributed by atoms with Crippen molar-refractivity contribution in [1.29, 1.82) is 0 Å². The number of benzene rings is 2. The van der Waals surface area contributed by atoms with E-state index in [1.165, 1.54) is 12.1 Å². The summed E-state index contributed by atoms with van der Waals surface area (Å²) in [6.07, 6.45) is -0.564. The van der Waals surface area contributed by atoms with E-state index >= 15 is 0 Å². The van der Waals surface area contributed by atoms with Gasteiger partial charge < -0.3 is 14.8 Å². The Bertz CT molecular complexity index is 831. The molecule has 2 aromatic rings. The van der Waals surface area contributed by atoms with Crippen LogP contribution in [0.3, 0.4) is 0 Å². The van der Waals surface area contributed by atoms with Crippen LogP contribution in [0.4, 0.5) is 9.18 Å². The highest BCUT2D eigenvalue weighted by Gasteiger charge is 2.27. The average molecular weight is 416 g/mol. The summed E-state index contributed by atoms with van der Waals surface area (Å²) >= 11 is 0. The predicted molar refractivity (Wildman–Crippen MR) is 114 cm³/mol. The van der Waals surface area contributed by atoms with Gasteiger partial charge in [0.05, 0.1) is 0 Å². The molecule has 0 aliphatic heterocycles. The van der Waals surface area contributed by atoms with E-state index in [2.05, 4.69) is 5.32 Å². The van der Waals surface area contributed by atoms with Gasteiger partial charge in [-0.3, -0.25) is 0 Å². The van der Waals surface area contributed by atoms with Crippen molar-refractivity contribution < 1.29 is 23.5 Å². The molecule has 1 amide bonds. The van der Waals surface area contributed by atoms with Crippen molar-refractivity contribution in [2.75, 3.05) is 0 Å². The molecule has 0 aliphatic carbocycles. The molecule has 0 heterocycles. The van der Waals surface area contributed by atoms with E-state index in [4.69, 9.17) is 9.47 Å². The van der Waals surface area contributed by atoms with Gasteiger partial charge in [0.2, 0.25) is 0 Å². The van der Waals surface area contributed by atoms with Crippen LogP contribution >= 0.6 is 0 Å². The minimum atomic E-state index is -0.857. The van der Waals surface area contributed by atoms with E-state index < -0.39 is 29.8 Å². The number of hydrogen-bond donors (Lipinski definition) is 1. The summed E-state index contributed by atoms with van der Waals surface area (Å²) in [5.74, 6) is -0.973. The Morgan fingerprint density at radius 3 is 2.17 bits per heavy atom. The molecule has 0 spiro atoms. The monoisotopic (exact) mass is 415 g/mol. The summed E-state index contributed by atoms with van der Waals surface area (Å²) < 4.78 is 24.1. The molecule has 30 heavy (non-hydrogen) atoms. The quantitative estimate of drug-likeness (QED) is 0.647. The van der Waals surface area contributed by atoms with E-state index in [1.807, 2.05) is 37.3 Å². The number of hydrogen-bond acceptors (Lipinski definition) is 4. The fourth-order valence-corrected chi connectivity index (χ4v) is 3.04. The summed E-state index contributed by atoms with van der Waals surface area (Å²) in [6.45, 7) is 8.61. The smallest absolute Gasteiger partial charge is 0.408 e. The second-order valence-corrected chi connectivity index (χ2v) is 8.36. The van der Waals surface area contributed by atoms with Gasteiger partial charge in [-0.15, -0.1) is 0 Å². The first-order valence-corrected chi connectivity index (χ1v) is 10.0. The van der Waals surface area contributed by atoms with Gasteiger partial charge in [0.1, 0.15) is 23.6 Å². The fraction of sp³-hybridized carbons (Fsp3) is 0.417. The van der Waals surface area contributed by atoms with Crippen molar-refractivity contribution in [3.8, 4) is 0 Å². The molecule has 0 saturated carbocycles. The molecule has 0 unspecified atom stereocenters. The first-order valence-electron chi connectivity index (χ1n) is 10.0. The molecule has 162 valence electrons. The van der Waals surface area contributed by atoms with Crippen molar-refractivity contribution >= 4 is 12.1 Å². The standard InChI is InChI=1S/C24H30FNO4/c1-16(26-23(28)30-24(3,4)5)22(27)29-17(2)21(19-9-7-6-8-10-19)15-18-11-13-20(25)14-12-18/h6-14,16-17,21H,15H2,1-5H3,(H,26,28)/t16-,17-,21-/m0/s1. The average Bonchev–Trinajstić information content (AvgIpc) is 2.66. The minimum absolute atomic E-state index is 0.130. The molecule has 0 aliphatic rings. The van der Waals surface area contributed by atoms with Crippen molar-refractivity contribution in [3.05, 3.63) is 71.5 Å². The highest BCUT2D eigenvalue weighted by molar-refractivity contribution is 5.81. The number of halogens is 1.